The van der Waals surface area contributed by atoms with E-state index >= 15 is 0 Å². The average Bonchev–Trinajstić information content (AvgIpc) is 2.93. The van der Waals surface area contributed by atoms with Gasteiger partial charge in [0.25, 0.3) is 0 Å². The molecule has 1 heterocycles. The van der Waals surface area contributed by atoms with Crippen LogP contribution in [0, 0.1) is 5.82 Å². The first-order valence-electron chi connectivity index (χ1n) is 6.62. The van der Waals surface area contributed by atoms with Crippen molar-refractivity contribution in [3.8, 4) is 5.75 Å². The number of methoxy groups -OCH3 is 1. The Balaban J connectivity index is 1.97. The molecule has 6 heteroatoms. The van der Waals surface area contributed by atoms with Crippen molar-refractivity contribution < 1.29 is 19.0 Å². The zero-order valence-electron chi connectivity index (χ0n) is 11.8. The number of phenolic OH excluding ortho intramolecular Hbond substituents is 1. The lowest BCUT2D eigenvalue weighted by molar-refractivity contribution is 0.0597. The number of fused-ring (bicyclic) bond motifs is 1. The van der Waals surface area contributed by atoms with Gasteiger partial charge in [-0.2, -0.15) is 0 Å². The van der Waals surface area contributed by atoms with Crippen molar-refractivity contribution in [2.45, 2.75) is 6.42 Å². The van der Waals surface area contributed by atoms with Gasteiger partial charge >= 0.3 is 5.97 Å². The number of nitrogens with zero attached hydrogens (tertiary/aromatic N) is 1. The maximum absolute atomic E-state index is 12.9. The quantitative estimate of drug-likeness (QED) is 0.729. The summed E-state index contributed by atoms with van der Waals surface area (Å²) in [6.07, 6.45) is 0.460. The van der Waals surface area contributed by atoms with Gasteiger partial charge in [0.05, 0.1) is 12.6 Å². The van der Waals surface area contributed by atoms with Crippen LogP contribution < -0.4 is 0 Å². The van der Waals surface area contributed by atoms with Crippen molar-refractivity contribution in [1.29, 1.82) is 0 Å². The first-order chi connectivity index (χ1) is 10.6. The number of nitrogens with one attached hydrogen (secondary N) is 1. The predicted molar refractivity (Wildman–Crippen MR) is 78.3 cm³/mol. The highest BCUT2D eigenvalue weighted by atomic mass is 19.1. The summed E-state index contributed by atoms with van der Waals surface area (Å²) in [6.45, 7) is 0. The summed E-state index contributed by atoms with van der Waals surface area (Å²) in [5.74, 6) is -0.527. The molecule has 0 aliphatic carbocycles. The molecule has 22 heavy (non-hydrogen) atoms. The maximum atomic E-state index is 12.9. The van der Waals surface area contributed by atoms with Crippen molar-refractivity contribution >= 4 is 17.0 Å². The number of H-pyrrole nitrogens is 1. The number of phenols is 1. The van der Waals surface area contributed by atoms with E-state index in [1.807, 2.05) is 0 Å². The van der Waals surface area contributed by atoms with Crippen molar-refractivity contribution in [3.05, 3.63) is 59.2 Å². The second kappa shape index (κ2) is 5.48. The zero-order chi connectivity index (χ0) is 15.7. The fourth-order valence-electron chi connectivity index (χ4n) is 2.27. The second-order valence-electron chi connectivity index (χ2n) is 4.84. The molecule has 0 unspecified atom stereocenters. The van der Waals surface area contributed by atoms with Gasteiger partial charge in [-0.05, 0) is 29.8 Å². The molecule has 1 aromatic heterocycles. The number of aromatic amines is 1. The Morgan fingerprint density at radius 3 is 2.68 bits per heavy atom. The third-order valence-electron chi connectivity index (χ3n) is 3.37. The molecule has 5 nitrogen and oxygen atoms in total. The second-order valence-corrected chi connectivity index (χ2v) is 4.84. The minimum absolute atomic E-state index is 0.0647. The molecule has 0 radical (unpaired) electrons. The van der Waals surface area contributed by atoms with Crippen LogP contribution in [-0.4, -0.2) is 28.2 Å². The molecule has 112 valence electrons. The van der Waals surface area contributed by atoms with E-state index in [9.17, 15) is 14.3 Å². The van der Waals surface area contributed by atoms with E-state index in [4.69, 9.17) is 0 Å². The van der Waals surface area contributed by atoms with E-state index in [0.29, 0.717) is 23.3 Å². The number of aromatic hydroxyl groups is 1. The number of ether oxygens (including phenoxy) is 1. The van der Waals surface area contributed by atoms with Gasteiger partial charge < -0.3 is 14.8 Å². The minimum Gasteiger partial charge on any atom is -0.505 e. The summed E-state index contributed by atoms with van der Waals surface area (Å²) in [6, 6.07) is 9.23. The van der Waals surface area contributed by atoms with E-state index in [-0.39, 0.29) is 17.1 Å². The normalized spacial score (nSPS) is 10.8. The number of hydrogen-bond donors (Lipinski definition) is 2. The van der Waals surface area contributed by atoms with Gasteiger partial charge in [-0.1, -0.05) is 12.1 Å². The van der Waals surface area contributed by atoms with Crippen LogP contribution in [0.4, 0.5) is 4.39 Å². The van der Waals surface area contributed by atoms with E-state index < -0.39 is 5.97 Å². The molecule has 0 amide bonds. The Kier molecular flexibility index (Phi) is 3.50. The summed E-state index contributed by atoms with van der Waals surface area (Å²) in [4.78, 5) is 18.9. The van der Waals surface area contributed by atoms with Crippen LogP contribution >= 0.6 is 0 Å². The van der Waals surface area contributed by atoms with Gasteiger partial charge in [-0.3, -0.25) is 0 Å². The molecule has 0 saturated carbocycles. The summed E-state index contributed by atoms with van der Waals surface area (Å²) < 4.78 is 17.5. The van der Waals surface area contributed by atoms with Gasteiger partial charge in [0.2, 0.25) is 0 Å². The standard InChI is InChI=1S/C16H13FN2O3/c1-22-16(21)11-6-7-12-14(15(11)20)19-13(18-12)8-9-2-4-10(17)5-3-9/h2-7,20H,8H2,1H3,(H,18,19). The highest BCUT2D eigenvalue weighted by Crippen LogP contribution is 2.28. The Bertz CT molecular complexity index is 840. The molecule has 2 N–H and O–H groups in total. The van der Waals surface area contributed by atoms with Crippen LogP contribution in [0.25, 0.3) is 11.0 Å². The monoisotopic (exact) mass is 300 g/mol. The fourth-order valence-corrected chi connectivity index (χ4v) is 2.27. The fraction of sp³-hybridized carbons (Fsp3) is 0.125. The molecule has 3 aromatic rings. The summed E-state index contributed by atoms with van der Waals surface area (Å²) in [5.41, 5.74) is 1.87. The zero-order valence-corrected chi connectivity index (χ0v) is 11.8. The average molecular weight is 300 g/mol. The highest BCUT2D eigenvalue weighted by molar-refractivity contribution is 5.98. The number of aromatic nitrogens is 2. The molecule has 0 saturated heterocycles. The minimum atomic E-state index is -0.623. The third-order valence-corrected chi connectivity index (χ3v) is 3.37. The van der Waals surface area contributed by atoms with Crippen molar-refractivity contribution in [1.82, 2.24) is 9.97 Å². The first kappa shape index (κ1) is 14.1. The molecule has 0 bridgehead atoms. The molecule has 0 atom stereocenters. The Morgan fingerprint density at radius 2 is 2.00 bits per heavy atom. The Hall–Kier alpha value is -2.89. The largest absolute Gasteiger partial charge is 0.505 e. The number of imidazole rings is 1. The molecule has 0 aliphatic heterocycles. The Labute approximate surface area is 125 Å². The van der Waals surface area contributed by atoms with Crippen molar-refractivity contribution in [2.24, 2.45) is 0 Å². The maximum Gasteiger partial charge on any atom is 0.341 e. The lowest BCUT2D eigenvalue weighted by Crippen LogP contribution is -2.01. The smallest absolute Gasteiger partial charge is 0.341 e. The number of carbonyl (C=O) groups is 1. The van der Waals surface area contributed by atoms with Crippen LogP contribution in [-0.2, 0) is 11.2 Å². The molecule has 0 fully saturated rings. The predicted octanol–water partition coefficient (Wildman–Crippen LogP) is 2.79. The topological polar surface area (TPSA) is 75.2 Å². The number of benzene rings is 2. The molecule has 0 spiro atoms. The van der Waals surface area contributed by atoms with Gasteiger partial charge in [0.15, 0.2) is 5.75 Å². The summed E-state index contributed by atoms with van der Waals surface area (Å²) >= 11 is 0. The van der Waals surface area contributed by atoms with Crippen LogP contribution in [0.15, 0.2) is 36.4 Å². The molecule has 0 aliphatic rings. The van der Waals surface area contributed by atoms with Gasteiger partial charge in [0.1, 0.15) is 22.7 Å². The number of hydrogen-bond acceptors (Lipinski definition) is 4. The first-order valence-corrected chi connectivity index (χ1v) is 6.62. The SMILES string of the molecule is COC(=O)c1ccc2[nH]c(Cc3ccc(F)cc3)nc2c1O. The van der Waals surface area contributed by atoms with Crippen LogP contribution in [0.3, 0.4) is 0 Å². The lowest BCUT2D eigenvalue weighted by atomic mass is 10.1. The number of halogens is 1. The summed E-state index contributed by atoms with van der Waals surface area (Å²) in [7, 11) is 1.25. The van der Waals surface area contributed by atoms with Crippen molar-refractivity contribution in [3.63, 3.8) is 0 Å². The van der Waals surface area contributed by atoms with E-state index in [1.165, 1.54) is 25.3 Å². The highest BCUT2D eigenvalue weighted by Gasteiger charge is 2.17. The van der Waals surface area contributed by atoms with E-state index in [2.05, 4.69) is 14.7 Å². The van der Waals surface area contributed by atoms with Gasteiger partial charge in [-0.25, -0.2) is 14.2 Å². The molecular weight excluding hydrogens is 287 g/mol. The Morgan fingerprint density at radius 1 is 1.27 bits per heavy atom. The van der Waals surface area contributed by atoms with Crippen LogP contribution in [0.2, 0.25) is 0 Å². The molecule has 3 rings (SSSR count). The van der Waals surface area contributed by atoms with Gasteiger partial charge in [0, 0.05) is 6.42 Å². The van der Waals surface area contributed by atoms with E-state index in [1.54, 1.807) is 18.2 Å². The van der Waals surface area contributed by atoms with Crippen molar-refractivity contribution in [2.75, 3.05) is 7.11 Å². The lowest BCUT2D eigenvalue weighted by Gasteiger charge is -2.01. The number of carbonyl (C=O) groups excluding carboxylic acids is 1. The number of rotatable bonds is 3. The van der Waals surface area contributed by atoms with Crippen LogP contribution in [0.5, 0.6) is 5.75 Å². The van der Waals surface area contributed by atoms with Crippen LogP contribution in [0.1, 0.15) is 21.7 Å². The van der Waals surface area contributed by atoms with E-state index in [0.717, 1.165) is 5.56 Å². The molecular formula is C16H13FN2O3. The van der Waals surface area contributed by atoms with Gasteiger partial charge in [-0.15, -0.1) is 0 Å². The third kappa shape index (κ3) is 2.50. The molecule has 2 aromatic carbocycles. The number of esters is 1. The summed E-state index contributed by atoms with van der Waals surface area (Å²) in [5, 5.41) is 10.1.